The molecule has 0 amide bonds. The van der Waals surface area contributed by atoms with Crippen LogP contribution in [0.5, 0.6) is 11.5 Å². The van der Waals surface area contributed by atoms with E-state index in [1.165, 1.54) is 18.9 Å². The number of esters is 2. The Morgan fingerprint density at radius 1 is 0.818 bits per heavy atom. The number of hydrogen-bond donors (Lipinski definition) is 1. The summed E-state index contributed by atoms with van der Waals surface area (Å²) in [6, 6.07) is 23.0. The monoisotopic (exact) mass is 443 g/mol. The number of para-hydroxylation sites is 1. The fourth-order valence-corrected chi connectivity index (χ4v) is 3.34. The number of hydrogen-bond acceptors (Lipinski definition) is 7. The van der Waals surface area contributed by atoms with Gasteiger partial charge in [0.25, 0.3) is 0 Å². The van der Waals surface area contributed by atoms with E-state index in [9.17, 15) is 9.59 Å². The summed E-state index contributed by atoms with van der Waals surface area (Å²) in [6.07, 6.45) is 0. The predicted octanol–water partition coefficient (Wildman–Crippen LogP) is 4.49. The lowest BCUT2D eigenvalue weighted by atomic mass is 10.1. The van der Waals surface area contributed by atoms with E-state index in [1.54, 1.807) is 72.8 Å². The Labute approximate surface area is 190 Å². The van der Waals surface area contributed by atoms with Crippen molar-refractivity contribution in [3.63, 3.8) is 0 Å². The van der Waals surface area contributed by atoms with Gasteiger partial charge in [-0.05, 0) is 48.5 Å². The second-order valence-electron chi connectivity index (χ2n) is 7.00. The molecule has 4 rings (SSSR count). The Bertz CT molecular complexity index is 1300. The summed E-state index contributed by atoms with van der Waals surface area (Å²) in [5.41, 5.74) is 7.73. The van der Waals surface area contributed by atoms with E-state index in [4.69, 9.17) is 19.9 Å². The van der Waals surface area contributed by atoms with Gasteiger partial charge in [-0.15, -0.1) is 0 Å². The topological polar surface area (TPSA) is 106 Å². The molecule has 3 aromatic carbocycles. The normalized spacial score (nSPS) is 10.5. The number of ether oxygens (including phenoxy) is 3. The molecule has 0 fully saturated rings. The second-order valence-corrected chi connectivity index (χ2v) is 7.00. The van der Waals surface area contributed by atoms with Crippen molar-refractivity contribution in [1.82, 2.24) is 9.78 Å². The quantitative estimate of drug-likeness (QED) is 0.346. The Morgan fingerprint density at radius 3 is 2.18 bits per heavy atom. The standard InChI is InChI=1S/C25H21N3O5/c1-31-24(29)21-22(27-28(23(21)25(30)32-2)18-8-4-3-5-9-18)16-7-6-10-20(15-16)33-19-13-11-17(26)12-14-19/h3-15H,26H2,1-2H3. The van der Waals surface area contributed by atoms with Gasteiger partial charge in [-0.25, -0.2) is 14.3 Å². The van der Waals surface area contributed by atoms with Gasteiger partial charge in [0, 0.05) is 11.3 Å². The Hall–Kier alpha value is -4.59. The van der Waals surface area contributed by atoms with Gasteiger partial charge < -0.3 is 19.9 Å². The van der Waals surface area contributed by atoms with Crippen LogP contribution in [-0.2, 0) is 9.47 Å². The summed E-state index contributed by atoms with van der Waals surface area (Å²) < 4.78 is 17.2. The van der Waals surface area contributed by atoms with Crippen molar-refractivity contribution in [2.75, 3.05) is 20.0 Å². The zero-order valence-corrected chi connectivity index (χ0v) is 18.0. The highest BCUT2D eigenvalue weighted by atomic mass is 16.5. The lowest BCUT2D eigenvalue weighted by molar-refractivity contribution is 0.0549. The zero-order valence-electron chi connectivity index (χ0n) is 18.0. The molecule has 0 saturated carbocycles. The summed E-state index contributed by atoms with van der Waals surface area (Å²) in [4.78, 5) is 25.5. The van der Waals surface area contributed by atoms with Crippen LogP contribution >= 0.6 is 0 Å². The molecule has 0 aliphatic rings. The summed E-state index contributed by atoms with van der Waals surface area (Å²) in [5.74, 6) is -0.314. The van der Waals surface area contributed by atoms with E-state index in [0.29, 0.717) is 28.4 Å². The fourth-order valence-electron chi connectivity index (χ4n) is 3.34. The van der Waals surface area contributed by atoms with E-state index in [1.807, 2.05) is 6.07 Å². The van der Waals surface area contributed by atoms with E-state index in [0.717, 1.165) is 0 Å². The van der Waals surface area contributed by atoms with Crippen LogP contribution in [0, 0.1) is 0 Å². The molecule has 0 radical (unpaired) electrons. The molecule has 0 aliphatic heterocycles. The third-order valence-corrected chi connectivity index (χ3v) is 4.88. The third-order valence-electron chi connectivity index (χ3n) is 4.88. The highest BCUT2D eigenvalue weighted by Crippen LogP contribution is 2.32. The zero-order chi connectivity index (χ0) is 23.4. The third kappa shape index (κ3) is 4.40. The highest BCUT2D eigenvalue weighted by Gasteiger charge is 2.31. The van der Waals surface area contributed by atoms with Crippen LogP contribution < -0.4 is 10.5 Å². The van der Waals surface area contributed by atoms with Crippen LogP contribution in [0.4, 0.5) is 5.69 Å². The number of nitrogen functional groups attached to an aromatic ring is 1. The van der Waals surface area contributed by atoms with Crippen LogP contribution in [0.3, 0.4) is 0 Å². The van der Waals surface area contributed by atoms with Crippen molar-refractivity contribution in [3.8, 4) is 28.4 Å². The number of anilines is 1. The largest absolute Gasteiger partial charge is 0.465 e. The molecule has 0 unspecified atom stereocenters. The maximum atomic E-state index is 12.8. The van der Waals surface area contributed by atoms with Crippen molar-refractivity contribution in [2.45, 2.75) is 0 Å². The molecule has 166 valence electrons. The molecule has 0 aliphatic carbocycles. The molecule has 0 bridgehead atoms. The van der Waals surface area contributed by atoms with Crippen molar-refractivity contribution in [3.05, 3.63) is 90.1 Å². The van der Waals surface area contributed by atoms with Gasteiger partial charge in [0.1, 0.15) is 22.8 Å². The second kappa shape index (κ2) is 9.27. The molecule has 0 spiro atoms. The first-order chi connectivity index (χ1) is 16.0. The minimum atomic E-state index is -0.715. The minimum absolute atomic E-state index is 0.00200. The molecule has 1 heterocycles. The molecule has 0 atom stereocenters. The van der Waals surface area contributed by atoms with Gasteiger partial charge in [0.2, 0.25) is 0 Å². The van der Waals surface area contributed by atoms with Crippen molar-refractivity contribution in [2.24, 2.45) is 0 Å². The Kier molecular flexibility index (Phi) is 6.08. The number of methoxy groups -OCH3 is 2. The lowest BCUT2D eigenvalue weighted by Gasteiger charge is -2.08. The summed E-state index contributed by atoms with van der Waals surface area (Å²) in [5, 5.41) is 4.59. The SMILES string of the molecule is COC(=O)c1c(-c2cccc(Oc3ccc(N)cc3)c2)nn(-c2ccccc2)c1C(=O)OC. The number of carbonyl (C=O) groups excluding carboxylic acids is 2. The number of nitrogens with two attached hydrogens (primary N) is 1. The van der Waals surface area contributed by atoms with E-state index >= 15 is 0 Å². The molecular weight excluding hydrogens is 422 g/mol. The van der Waals surface area contributed by atoms with Crippen LogP contribution in [0.15, 0.2) is 78.9 Å². The number of benzene rings is 3. The number of aromatic nitrogens is 2. The molecule has 8 nitrogen and oxygen atoms in total. The first kappa shape index (κ1) is 21.6. The summed E-state index contributed by atoms with van der Waals surface area (Å²) >= 11 is 0. The predicted molar refractivity (Wildman–Crippen MR) is 123 cm³/mol. The van der Waals surface area contributed by atoms with Gasteiger partial charge >= 0.3 is 11.9 Å². The van der Waals surface area contributed by atoms with Crippen LogP contribution in [0.2, 0.25) is 0 Å². The molecule has 2 N–H and O–H groups in total. The van der Waals surface area contributed by atoms with Gasteiger partial charge in [-0.1, -0.05) is 30.3 Å². The fraction of sp³-hybridized carbons (Fsp3) is 0.0800. The minimum Gasteiger partial charge on any atom is -0.465 e. The Balaban J connectivity index is 1.86. The smallest absolute Gasteiger partial charge is 0.357 e. The maximum absolute atomic E-state index is 12.8. The van der Waals surface area contributed by atoms with E-state index in [2.05, 4.69) is 5.10 Å². The summed E-state index contributed by atoms with van der Waals surface area (Å²) in [7, 11) is 2.49. The van der Waals surface area contributed by atoms with Crippen LogP contribution in [0.25, 0.3) is 16.9 Å². The molecule has 0 saturated heterocycles. The molecule has 4 aromatic rings. The van der Waals surface area contributed by atoms with Crippen molar-refractivity contribution < 1.29 is 23.8 Å². The molecule has 1 aromatic heterocycles. The molecular formula is C25H21N3O5. The average molecular weight is 443 g/mol. The Morgan fingerprint density at radius 2 is 1.52 bits per heavy atom. The molecule has 8 heteroatoms. The lowest BCUT2D eigenvalue weighted by Crippen LogP contribution is -2.15. The van der Waals surface area contributed by atoms with Crippen molar-refractivity contribution in [1.29, 1.82) is 0 Å². The number of nitrogens with zero attached hydrogens (tertiary/aromatic N) is 2. The first-order valence-electron chi connectivity index (χ1n) is 10.0. The van der Waals surface area contributed by atoms with Crippen LogP contribution in [0.1, 0.15) is 20.8 Å². The van der Waals surface area contributed by atoms with Gasteiger partial charge in [-0.2, -0.15) is 5.10 Å². The van der Waals surface area contributed by atoms with Gasteiger partial charge in [-0.3, -0.25) is 0 Å². The maximum Gasteiger partial charge on any atom is 0.357 e. The first-order valence-corrected chi connectivity index (χ1v) is 10.0. The summed E-state index contributed by atoms with van der Waals surface area (Å²) in [6.45, 7) is 0. The number of carbonyl (C=O) groups is 2. The molecule has 33 heavy (non-hydrogen) atoms. The van der Waals surface area contributed by atoms with Gasteiger partial charge in [0.05, 0.1) is 19.9 Å². The van der Waals surface area contributed by atoms with Gasteiger partial charge in [0.15, 0.2) is 5.69 Å². The van der Waals surface area contributed by atoms with E-state index < -0.39 is 11.9 Å². The van der Waals surface area contributed by atoms with E-state index in [-0.39, 0.29) is 17.0 Å². The highest BCUT2D eigenvalue weighted by molar-refractivity contribution is 6.06. The number of rotatable bonds is 6. The van der Waals surface area contributed by atoms with Crippen molar-refractivity contribution >= 4 is 17.6 Å². The average Bonchev–Trinajstić information content (AvgIpc) is 3.26. The van der Waals surface area contributed by atoms with Crippen LogP contribution in [-0.4, -0.2) is 35.9 Å².